The molecule has 0 bridgehead atoms. The van der Waals surface area contributed by atoms with Gasteiger partial charge < -0.3 is 10.2 Å². The minimum absolute atomic E-state index is 0.0705. The molecule has 2 aromatic carbocycles. The number of halogens is 1. The topological polar surface area (TPSA) is 49.4 Å². The fourth-order valence-electron chi connectivity index (χ4n) is 2.76. The van der Waals surface area contributed by atoms with E-state index in [0.29, 0.717) is 23.8 Å². The van der Waals surface area contributed by atoms with E-state index in [9.17, 15) is 9.59 Å². The van der Waals surface area contributed by atoms with Gasteiger partial charge in [-0.05, 0) is 23.8 Å². The molecule has 1 unspecified atom stereocenters. The molecule has 134 valence electrons. The van der Waals surface area contributed by atoms with Crippen molar-refractivity contribution >= 4 is 40.9 Å². The van der Waals surface area contributed by atoms with E-state index in [1.807, 2.05) is 36.4 Å². The van der Waals surface area contributed by atoms with Crippen molar-refractivity contribution in [2.45, 2.75) is 23.1 Å². The van der Waals surface area contributed by atoms with Crippen LogP contribution in [0.15, 0.2) is 66.1 Å². The second-order valence-electron chi connectivity index (χ2n) is 5.99. The van der Waals surface area contributed by atoms with Gasteiger partial charge in [-0.15, -0.1) is 18.3 Å². The predicted octanol–water partition coefficient (Wildman–Crippen LogP) is 4.36. The Morgan fingerprint density at radius 3 is 2.77 bits per heavy atom. The first kappa shape index (κ1) is 18.5. The lowest BCUT2D eigenvalue weighted by Crippen LogP contribution is -2.37. The summed E-state index contributed by atoms with van der Waals surface area (Å²) < 4.78 is 0. The number of anilines is 1. The Balaban J connectivity index is 1.69. The van der Waals surface area contributed by atoms with E-state index in [-0.39, 0.29) is 18.2 Å². The first-order valence-electron chi connectivity index (χ1n) is 8.26. The SMILES string of the molecule is C=CCN(Cc1ccccc1)C(=O)CC1Sc2ccc(Cl)cc2NC1=O. The highest BCUT2D eigenvalue weighted by Gasteiger charge is 2.30. The number of carbonyl (C=O) groups excluding carboxylic acids is 2. The van der Waals surface area contributed by atoms with Gasteiger partial charge in [-0.3, -0.25) is 9.59 Å². The van der Waals surface area contributed by atoms with Crippen molar-refractivity contribution in [3.8, 4) is 0 Å². The monoisotopic (exact) mass is 386 g/mol. The maximum absolute atomic E-state index is 12.8. The Kier molecular flexibility index (Phi) is 6.01. The Morgan fingerprint density at radius 2 is 2.04 bits per heavy atom. The summed E-state index contributed by atoms with van der Waals surface area (Å²) >= 11 is 7.37. The second-order valence-corrected chi connectivity index (χ2v) is 7.67. The van der Waals surface area contributed by atoms with Gasteiger partial charge >= 0.3 is 0 Å². The van der Waals surface area contributed by atoms with Crippen molar-refractivity contribution in [1.29, 1.82) is 0 Å². The summed E-state index contributed by atoms with van der Waals surface area (Å²) in [6.07, 6.45) is 1.84. The Bertz CT molecular complexity index is 826. The maximum atomic E-state index is 12.8. The van der Waals surface area contributed by atoms with Crippen molar-refractivity contribution in [3.05, 3.63) is 71.8 Å². The predicted molar refractivity (Wildman–Crippen MR) is 106 cm³/mol. The van der Waals surface area contributed by atoms with Crippen LogP contribution in [-0.2, 0) is 16.1 Å². The first-order valence-corrected chi connectivity index (χ1v) is 9.52. The number of thioether (sulfide) groups is 1. The van der Waals surface area contributed by atoms with Crippen LogP contribution in [0.5, 0.6) is 0 Å². The van der Waals surface area contributed by atoms with Gasteiger partial charge in [-0.25, -0.2) is 0 Å². The molecule has 1 N–H and O–H groups in total. The highest BCUT2D eigenvalue weighted by Crippen LogP contribution is 2.38. The number of nitrogens with zero attached hydrogens (tertiary/aromatic N) is 1. The van der Waals surface area contributed by atoms with E-state index in [1.165, 1.54) is 11.8 Å². The number of fused-ring (bicyclic) bond motifs is 1. The maximum Gasteiger partial charge on any atom is 0.238 e. The highest BCUT2D eigenvalue weighted by molar-refractivity contribution is 8.01. The summed E-state index contributed by atoms with van der Waals surface area (Å²) in [4.78, 5) is 27.8. The number of amides is 2. The zero-order valence-electron chi connectivity index (χ0n) is 14.2. The summed E-state index contributed by atoms with van der Waals surface area (Å²) in [5.74, 6) is -0.241. The molecule has 3 rings (SSSR count). The minimum Gasteiger partial charge on any atom is -0.335 e. The fraction of sp³-hybridized carbons (Fsp3) is 0.200. The second kappa shape index (κ2) is 8.43. The van der Waals surface area contributed by atoms with E-state index in [0.717, 1.165) is 10.5 Å². The molecule has 6 heteroatoms. The molecule has 0 spiro atoms. The van der Waals surface area contributed by atoms with E-state index < -0.39 is 5.25 Å². The third kappa shape index (κ3) is 4.48. The molecular formula is C20H19ClN2O2S. The van der Waals surface area contributed by atoms with E-state index in [2.05, 4.69) is 11.9 Å². The molecule has 0 saturated carbocycles. The number of rotatable bonds is 6. The number of hydrogen-bond donors (Lipinski definition) is 1. The van der Waals surface area contributed by atoms with Crippen molar-refractivity contribution in [3.63, 3.8) is 0 Å². The molecule has 0 radical (unpaired) electrons. The third-order valence-corrected chi connectivity index (χ3v) is 5.55. The molecule has 1 aliphatic heterocycles. The van der Waals surface area contributed by atoms with Crippen LogP contribution in [0.4, 0.5) is 5.69 Å². The lowest BCUT2D eigenvalue weighted by molar-refractivity contribution is -0.132. The van der Waals surface area contributed by atoms with Crippen LogP contribution in [0.25, 0.3) is 0 Å². The average molecular weight is 387 g/mol. The van der Waals surface area contributed by atoms with Crippen molar-refractivity contribution < 1.29 is 9.59 Å². The quantitative estimate of drug-likeness (QED) is 0.750. The van der Waals surface area contributed by atoms with Gasteiger partial charge in [0.05, 0.1) is 10.9 Å². The van der Waals surface area contributed by atoms with E-state index in [4.69, 9.17) is 11.6 Å². The molecule has 0 aliphatic carbocycles. The standard InChI is InChI=1S/C20H19ClN2O2S/c1-2-10-23(13-14-6-4-3-5-7-14)19(24)12-18-20(25)22-16-11-15(21)8-9-17(16)26-18/h2-9,11,18H,1,10,12-13H2,(H,22,25). The molecule has 1 atom stereocenters. The Hall–Kier alpha value is -2.24. The third-order valence-electron chi connectivity index (χ3n) is 4.04. The largest absolute Gasteiger partial charge is 0.335 e. The van der Waals surface area contributed by atoms with Gasteiger partial charge in [0.15, 0.2) is 0 Å². The number of carbonyl (C=O) groups is 2. The van der Waals surface area contributed by atoms with Gasteiger partial charge in [-0.1, -0.05) is 48.0 Å². The van der Waals surface area contributed by atoms with Crippen LogP contribution < -0.4 is 5.32 Å². The summed E-state index contributed by atoms with van der Waals surface area (Å²) in [5, 5.41) is 2.95. The van der Waals surface area contributed by atoms with Crippen LogP contribution in [-0.4, -0.2) is 28.5 Å². The molecule has 2 aromatic rings. The van der Waals surface area contributed by atoms with Crippen LogP contribution >= 0.6 is 23.4 Å². The molecule has 0 aromatic heterocycles. The number of nitrogens with one attached hydrogen (secondary N) is 1. The Labute approximate surface area is 162 Å². The lowest BCUT2D eigenvalue weighted by Gasteiger charge is -2.27. The van der Waals surface area contributed by atoms with Gasteiger partial charge in [0.2, 0.25) is 11.8 Å². The summed E-state index contributed by atoms with van der Waals surface area (Å²) in [6, 6.07) is 15.1. The molecule has 4 nitrogen and oxygen atoms in total. The average Bonchev–Trinajstić information content (AvgIpc) is 2.63. The van der Waals surface area contributed by atoms with Gasteiger partial charge in [0.25, 0.3) is 0 Å². The number of hydrogen-bond acceptors (Lipinski definition) is 3. The van der Waals surface area contributed by atoms with Crippen molar-refractivity contribution in [2.24, 2.45) is 0 Å². The van der Waals surface area contributed by atoms with Crippen LogP contribution in [0.2, 0.25) is 5.02 Å². The molecule has 0 saturated heterocycles. The van der Waals surface area contributed by atoms with Crippen molar-refractivity contribution in [1.82, 2.24) is 4.90 Å². The van der Waals surface area contributed by atoms with Gasteiger partial charge in [0.1, 0.15) is 0 Å². The van der Waals surface area contributed by atoms with E-state index >= 15 is 0 Å². The molecule has 1 heterocycles. The first-order chi connectivity index (χ1) is 12.6. The normalized spacial score (nSPS) is 15.7. The van der Waals surface area contributed by atoms with Crippen LogP contribution in [0.3, 0.4) is 0 Å². The fourth-order valence-corrected chi connectivity index (χ4v) is 4.01. The zero-order chi connectivity index (χ0) is 18.5. The molecule has 26 heavy (non-hydrogen) atoms. The van der Waals surface area contributed by atoms with E-state index in [1.54, 1.807) is 23.1 Å². The van der Waals surface area contributed by atoms with Gasteiger partial charge in [-0.2, -0.15) is 0 Å². The molecule has 0 fully saturated rings. The zero-order valence-corrected chi connectivity index (χ0v) is 15.7. The van der Waals surface area contributed by atoms with Crippen molar-refractivity contribution in [2.75, 3.05) is 11.9 Å². The lowest BCUT2D eigenvalue weighted by atomic mass is 10.2. The molecule has 2 amide bonds. The molecular weight excluding hydrogens is 368 g/mol. The van der Waals surface area contributed by atoms with Gasteiger partial charge in [0, 0.05) is 29.4 Å². The summed E-state index contributed by atoms with van der Waals surface area (Å²) in [5.41, 5.74) is 1.74. The van der Waals surface area contributed by atoms with Crippen LogP contribution in [0, 0.1) is 0 Å². The minimum atomic E-state index is -0.459. The summed E-state index contributed by atoms with van der Waals surface area (Å²) in [7, 11) is 0. The smallest absolute Gasteiger partial charge is 0.238 e. The number of benzene rings is 2. The summed E-state index contributed by atoms with van der Waals surface area (Å²) in [6.45, 7) is 4.67. The van der Waals surface area contributed by atoms with Crippen LogP contribution in [0.1, 0.15) is 12.0 Å². The molecule has 1 aliphatic rings. The Morgan fingerprint density at radius 1 is 1.27 bits per heavy atom. The highest BCUT2D eigenvalue weighted by atomic mass is 35.5.